The van der Waals surface area contributed by atoms with E-state index in [2.05, 4.69) is 10.6 Å². The predicted molar refractivity (Wildman–Crippen MR) is 104 cm³/mol. The molecule has 3 aromatic carbocycles. The number of rotatable bonds is 4. The first kappa shape index (κ1) is 15.4. The fraction of sp³-hybridized carbons (Fsp3) is 0. The van der Waals surface area contributed by atoms with Gasteiger partial charge >= 0.3 is 0 Å². The van der Waals surface area contributed by atoms with E-state index in [-0.39, 0.29) is 0 Å². The van der Waals surface area contributed by atoms with Crippen molar-refractivity contribution in [1.82, 2.24) is 9.97 Å². The number of benzene rings is 3. The van der Waals surface area contributed by atoms with Gasteiger partial charge in [-0.25, -0.2) is 9.97 Å². The average molecular weight is 347 g/mol. The second kappa shape index (κ2) is 6.79. The Labute approximate surface area is 150 Å². The van der Waals surface area contributed by atoms with Crippen LogP contribution in [-0.2, 0) is 0 Å². The van der Waals surface area contributed by atoms with Gasteiger partial charge in [-0.05, 0) is 42.5 Å². The summed E-state index contributed by atoms with van der Waals surface area (Å²) in [5.41, 5.74) is 3.40. The summed E-state index contributed by atoms with van der Waals surface area (Å²) in [6.07, 6.45) is 0. The Kier molecular flexibility index (Phi) is 4.19. The van der Waals surface area contributed by atoms with E-state index in [4.69, 9.17) is 21.6 Å². The molecule has 0 atom stereocenters. The summed E-state index contributed by atoms with van der Waals surface area (Å²) in [5, 5.41) is 7.29. The summed E-state index contributed by atoms with van der Waals surface area (Å²) >= 11 is 6.10. The molecule has 0 aliphatic heterocycles. The molecule has 122 valence electrons. The smallest absolute Gasteiger partial charge is 0.174 e. The van der Waals surface area contributed by atoms with E-state index in [9.17, 15) is 0 Å². The monoisotopic (exact) mass is 346 g/mol. The van der Waals surface area contributed by atoms with Gasteiger partial charge in [0.2, 0.25) is 0 Å². The fourth-order valence-electron chi connectivity index (χ4n) is 2.52. The number of fused-ring (bicyclic) bond motifs is 1. The minimum absolute atomic E-state index is 0.635. The molecule has 2 N–H and O–H groups in total. The van der Waals surface area contributed by atoms with Crippen molar-refractivity contribution in [3.8, 4) is 0 Å². The molecule has 4 nitrogen and oxygen atoms in total. The fourth-order valence-corrected chi connectivity index (χ4v) is 2.68. The normalized spacial score (nSPS) is 10.6. The maximum atomic E-state index is 6.10. The lowest BCUT2D eigenvalue weighted by Crippen LogP contribution is -2.03. The van der Waals surface area contributed by atoms with Gasteiger partial charge in [0.1, 0.15) is 0 Å². The number of para-hydroxylation sites is 2. The Morgan fingerprint density at radius 2 is 1.12 bits per heavy atom. The SMILES string of the molecule is Clc1ccc2nc(Nc3ccccc3)c(Nc3ccccc3)nc2c1. The molecule has 0 bridgehead atoms. The van der Waals surface area contributed by atoms with Crippen molar-refractivity contribution in [2.24, 2.45) is 0 Å². The molecule has 0 unspecified atom stereocenters. The molecule has 4 rings (SSSR count). The molecule has 0 fully saturated rings. The van der Waals surface area contributed by atoms with Crippen LogP contribution in [0.25, 0.3) is 11.0 Å². The highest BCUT2D eigenvalue weighted by atomic mass is 35.5. The first-order chi connectivity index (χ1) is 12.3. The lowest BCUT2D eigenvalue weighted by Gasteiger charge is -2.13. The van der Waals surface area contributed by atoms with Gasteiger partial charge in [-0.15, -0.1) is 0 Å². The van der Waals surface area contributed by atoms with Gasteiger partial charge < -0.3 is 10.6 Å². The highest BCUT2D eigenvalue weighted by Crippen LogP contribution is 2.28. The van der Waals surface area contributed by atoms with Gasteiger partial charge in [0.25, 0.3) is 0 Å². The average Bonchev–Trinajstić information content (AvgIpc) is 2.64. The van der Waals surface area contributed by atoms with Crippen LogP contribution < -0.4 is 10.6 Å². The molecule has 1 aromatic heterocycles. The minimum Gasteiger partial charge on any atom is -0.337 e. The van der Waals surface area contributed by atoms with Crippen LogP contribution in [0.1, 0.15) is 0 Å². The molecular formula is C20H15ClN4. The number of nitrogens with zero attached hydrogens (tertiary/aromatic N) is 2. The highest BCUT2D eigenvalue weighted by Gasteiger charge is 2.10. The van der Waals surface area contributed by atoms with Gasteiger partial charge in [-0.1, -0.05) is 48.0 Å². The van der Waals surface area contributed by atoms with E-state index < -0.39 is 0 Å². The third-order valence-electron chi connectivity index (χ3n) is 3.70. The Morgan fingerprint density at radius 3 is 1.68 bits per heavy atom. The Morgan fingerprint density at radius 1 is 0.600 bits per heavy atom. The minimum atomic E-state index is 0.635. The molecule has 0 saturated carbocycles. The molecule has 0 spiro atoms. The summed E-state index contributed by atoms with van der Waals surface area (Å²) in [4.78, 5) is 9.42. The van der Waals surface area contributed by atoms with E-state index in [1.807, 2.05) is 78.9 Å². The van der Waals surface area contributed by atoms with Crippen LogP contribution >= 0.6 is 11.6 Å². The molecule has 0 saturated heterocycles. The molecule has 25 heavy (non-hydrogen) atoms. The zero-order valence-corrected chi connectivity index (χ0v) is 14.0. The number of nitrogens with one attached hydrogen (secondary N) is 2. The van der Waals surface area contributed by atoms with E-state index in [0.717, 1.165) is 22.4 Å². The van der Waals surface area contributed by atoms with Gasteiger partial charge in [0.15, 0.2) is 11.6 Å². The Bertz CT molecular complexity index is 1000. The van der Waals surface area contributed by atoms with Crippen molar-refractivity contribution in [3.05, 3.63) is 83.9 Å². The van der Waals surface area contributed by atoms with Crippen LogP contribution in [0, 0.1) is 0 Å². The van der Waals surface area contributed by atoms with Crippen LogP contribution in [0.3, 0.4) is 0 Å². The summed E-state index contributed by atoms with van der Waals surface area (Å²) in [7, 11) is 0. The van der Waals surface area contributed by atoms with Crippen molar-refractivity contribution in [2.75, 3.05) is 10.6 Å². The first-order valence-corrected chi connectivity index (χ1v) is 8.27. The van der Waals surface area contributed by atoms with Gasteiger partial charge in [0, 0.05) is 16.4 Å². The molecule has 0 radical (unpaired) electrons. The third kappa shape index (κ3) is 3.54. The maximum absolute atomic E-state index is 6.10. The number of anilines is 4. The molecular weight excluding hydrogens is 332 g/mol. The van der Waals surface area contributed by atoms with Crippen LogP contribution in [0.2, 0.25) is 5.02 Å². The number of aromatic nitrogens is 2. The number of hydrogen-bond donors (Lipinski definition) is 2. The van der Waals surface area contributed by atoms with Gasteiger partial charge in [-0.2, -0.15) is 0 Å². The molecule has 4 aromatic rings. The second-order valence-corrected chi connectivity index (χ2v) is 5.97. The van der Waals surface area contributed by atoms with Crippen molar-refractivity contribution in [2.45, 2.75) is 0 Å². The zero-order valence-electron chi connectivity index (χ0n) is 13.3. The third-order valence-corrected chi connectivity index (χ3v) is 3.93. The number of hydrogen-bond acceptors (Lipinski definition) is 4. The summed E-state index contributed by atoms with van der Waals surface area (Å²) in [6.45, 7) is 0. The van der Waals surface area contributed by atoms with E-state index >= 15 is 0 Å². The van der Waals surface area contributed by atoms with E-state index in [0.29, 0.717) is 16.7 Å². The predicted octanol–water partition coefficient (Wildman–Crippen LogP) is 5.77. The van der Waals surface area contributed by atoms with Gasteiger partial charge in [0.05, 0.1) is 11.0 Å². The first-order valence-electron chi connectivity index (χ1n) is 7.89. The number of halogens is 1. The summed E-state index contributed by atoms with van der Waals surface area (Å²) < 4.78 is 0. The van der Waals surface area contributed by atoms with Crippen LogP contribution in [0.4, 0.5) is 23.0 Å². The molecule has 5 heteroatoms. The van der Waals surface area contributed by atoms with Crippen LogP contribution in [-0.4, -0.2) is 9.97 Å². The summed E-state index contributed by atoms with van der Waals surface area (Å²) in [6, 6.07) is 25.3. The summed E-state index contributed by atoms with van der Waals surface area (Å²) in [5.74, 6) is 1.30. The van der Waals surface area contributed by atoms with Crippen LogP contribution in [0.5, 0.6) is 0 Å². The van der Waals surface area contributed by atoms with Crippen molar-refractivity contribution in [1.29, 1.82) is 0 Å². The topological polar surface area (TPSA) is 49.8 Å². The zero-order chi connectivity index (χ0) is 17.1. The Balaban J connectivity index is 1.80. The van der Waals surface area contributed by atoms with Crippen molar-refractivity contribution >= 4 is 45.6 Å². The molecule has 1 heterocycles. The molecule has 0 amide bonds. The van der Waals surface area contributed by atoms with E-state index in [1.165, 1.54) is 0 Å². The second-order valence-electron chi connectivity index (χ2n) is 5.54. The Hall–Kier alpha value is -3.11. The highest BCUT2D eigenvalue weighted by molar-refractivity contribution is 6.31. The quantitative estimate of drug-likeness (QED) is 0.492. The standard InChI is InChI=1S/C20H15ClN4/c21-14-11-12-17-18(13-14)25-20(23-16-9-5-2-6-10-16)19(24-17)22-15-7-3-1-4-8-15/h1-13H,(H,22,24)(H,23,25). The van der Waals surface area contributed by atoms with Crippen LogP contribution in [0.15, 0.2) is 78.9 Å². The maximum Gasteiger partial charge on any atom is 0.174 e. The lowest BCUT2D eigenvalue weighted by molar-refractivity contribution is 1.27. The van der Waals surface area contributed by atoms with Crippen molar-refractivity contribution in [3.63, 3.8) is 0 Å². The van der Waals surface area contributed by atoms with Crippen molar-refractivity contribution < 1.29 is 0 Å². The van der Waals surface area contributed by atoms with E-state index in [1.54, 1.807) is 0 Å². The molecule has 0 aliphatic rings. The molecule has 0 aliphatic carbocycles. The lowest BCUT2D eigenvalue weighted by atomic mass is 10.3. The largest absolute Gasteiger partial charge is 0.337 e. The van der Waals surface area contributed by atoms with Gasteiger partial charge in [-0.3, -0.25) is 0 Å².